The first-order chi connectivity index (χ1) is 14.8. The molecule has 0 bridgehead atoms. The Balaban J connectivity index is 1.64. The van der Waals surface area contributed by atoms with Crippen LogP contribution in [0.2, 0.25) is 10.0 Å². The molecule has 1 aliphatic heterocycles. The standard InChI is InChI=1S/C20H18Cl2N4O4S/c1-30-13-5-6-15(21)14(9-13)20-16(22)7-8-17(23-20)25-31(28,29)19-4-2-3-18(24-19)26-10-12(27)11-26/h2-9,12,27H,10-11H2,1H3,(H,23,25). The van der Waals surface area contributed by atoms with Crippen molar-refractivity contribution in [1.29, 1.82) is 0 Å². The van der Waals surface area contributed by atoms with Gasteiger partial charge in [-0.05, 0) is 42.5 Å². The van der Waals surface area contributed by atoms with Crippen LogP contribution in [0.5, 0.6) is 5.75 Å². The van der Waals surface area contributed by atoms with E-state index in [1.54, 1.807) is 35.2 Å². The lowest BCUT2D eigenvalue weighted by molar-refractivity contribution is 0.141. The summed E-state index contributed by atoms with van der Waals surface area (Å²) < 4.78 is 33.4. The molecule has 0 unspecified atom stereocenters. The number of pyridine rings is 2. The second-order valence-corrected chi connectivity index (χ2v) is 9.31. The highest BCUT2D eigenvalue weighted by Gasteiger charge is 2.27. The fourth-order valence-corrected chi connectivity index (χ4v) is 4.44. The monoisotopic (exact) mass is 480 g/mol. The molecule has 0 amide bonds. The van der Waals surface area contributed by atoms with Crippen LogP contribution in [0.25, 0.3) is 11.3 Å². The molecule has 0 radical (unpaired) electrons. The molecule has 2 aromatic heterocycles. The van der Waals surface area contributed by atoms with E-state index in [4.69, 9.17) is 27.9 Å². The number of nitrogens with one attached hydrogen (secondary N) is 1. The fourth-order valence-electron chi connectivity index (χ4n) is 3.06. The number of nitrogens with zero attached hydrogens (tertiary/aromatic N) is 3. The molecule has 4 rings (SSSR count). The number of β-amino-alcohol motifs (C(OH)–C–C–N with tert-alkyl or cyclic N) is 1. The minimum atomic E-state index is -4.02. The highest BCUT2D eigenvalue weighted by molar-refractivity contribution is 7.92. The van der Waals surface area contributed by atoms with Crippen molar-refractivity contribution in [3.63, 3.8) is 0 Å². The second kappa shape index (κ2) is 8.51. The fraction of sp³-hybridized carbons (Fsp3) is 0.200. The smallest absolute Gasteiger partial charge is 0.280 e. The Bertz CT molecular complexity index is 1230. The molecule has 8 nitrogen and oxygen atoms in total. The summed E-state index contributed by atoms with van der Waals surface area (Å²) in [5, 5.41) is 9.99. The molecule has 0 atom stereocenters. The number of hydrogen-bond acceptors (Lipinski definition) is 7. The minimum Gasteiger partial charge on any atom is -0.497 e. The van der Waals surface area contributed by atoms with E-state index in [1.165, 1.54) is 25.3 Å². The number of methoxy groups -OCH3 is 1. The third-order valence-electron chi connectivity index (χ3n) is 4.68. The van der Waals surface area contributed by atoms with Crippen LogP contribution in [0.1, 0.15) is 0 Å². The maximum absolute atomic E-state index is 12.9. The highest BCUT2D eigenvalue weighted by atomic mass is 35.5. The van der Waals surface area contributed by atoms with E-state index < -0.39 is 16.1 Å². The average molecular weight is 481 g/mol. The summed E-state index contributed by atoms with van der Waals surface area (Å²) in [6, 6.07) is 12.7. The summed E-state index contributed by atoms with van der Waals surface area (Å²) in [5.74, 6) is 1.09. The first-order valence-corrected chi connectivity index (χ1v) is 11.4. The SMILES string of the molecule is COc1ccc(Cl)c(-c2nc(NS(=O)(=O)c3cccc(N4CC(O)C4)n3)ccc2Cl)c1. The van der Waals surface area contributed by atoms with E-state index in [1.807, 2.05) is 0 Å². The number of halogens is 2. The van der Waals surface area contributed by atoms with Gasteiger partial charge in [0.2, 0.25) is 0 Å². The van der Waals surface area contributed by atoms with E-state index in [0.29, 0.717) is 46.0 Å². The summed E-state index contributed by atoms with van der Waals surface area (Å²) in [7, 11) is -2.49. The van der Waals surface area contributed by atoms with Crippen LogP contribution in [0.15, 0.2) is 53.6 Å². The number of benzene rings is 1. The average Bonchev–Trinajstić information content (AvgIpc) is 2.73. The van der Waals surface area contributed by atoms with Crippen LogP contribution in [0.4, 0.5) is 11.6 Å². The van der Waals surface area contributed by atoms with Gasteiger partial charge in [0.25, 0.3) is 10.0 Å². The maximum atomic E-state index is 12.9. The van der Waals surface area contributed by atoms with Crippen molar-refractivity contribution in [1.82, 2.24) is 9.97 Å². The minimum absolute atomic E-state index is 0.0601. The molecule has 0 aliphatic carbocycles. The van der Waals surface area contributed by atoms with Crippen LogP contribution in [-0.4, -0.2) is 49.8 Å². The van der Waals surface area contributed by atoms with Gasteiger partial charge in [-0.2, -0.15) is 8.42 Å². The number of sulfonamides is 1. The molecule has 11 heteroatoms. The zero-order valence-electron chi connectivity index (χ0n) is 16.3. The number of anilines is 2. The van der Waals surface area contributed by atoms with Gasteiger partial charge in [0, 0.05) is 18.7 Å². The van der Waals surface area contributed by atoms with Crippen LogP contribution < -0.4 is 14.4 Å². The van der Waals surface area contributed by atoms with E-state index >= 15 is 0 Å². The van der Waals surface area contributed by atoms with Crippen molar-refractivity contribution in [3.05, 3.63) is 58.6 Å². The summed E-state index contributed by atoms with van der Waals surface area (Å²) >= 11 is 12.6. The highest BCUT2D eigenvalue weighted by Crippen LogP contribution is 2.35. The zero-order valence-corrected chi connectivity index (χ0v) is 18.6. The Morgan fingerprint density at radius 1 is 1.10 bits per heavy atom. The van der Waals surface area contributed by atoms with E-state index in [0.717, 1.165) is 0 Å². The molecule has 0 saturated carbocycles. The molecule has 0 spiro atoms. The van der Waals surface area contributed by atoms with Crippen molar-refractivity contribution >= 4 is 44.9 Å². The summed E-state index contributed by atoms with van der Waals surface area (Å²) in [6.07, 6.45) is -0.430. The van der Waals surface area contributed by atoms with Crippen LogP contribution >= 0.6 is 23.2 Å². The van der Waals surface area contributed by atoms with Crippen molar-refractivity contribution < 1.29 is 18.3 Å². The molecular weight excluding hydrogens is 463 g/mol. The molecule has 1 fully saturated rings. The van der Waals surface area contributed by atoms with E-state index in [-0.39, 0.29) is 10.8 Å². The van der Waals surface area contributed by atoms with E-state index in [2.05, 4.69) is 14.7 Å². The largest absolute Gasteiger partial charge is 0.497 e. The predicted molar refractivity (Wildman–Crippen MR) is 120 cm³/mol. The van der Waals surface area contributed by atoms with Crippen LogP contribution in [0, 0.1) is 0 Å². The summed E-state index contributed by atoms with van der Waals surface area (Å²) in [6.45, 7) is 0.820. The lowest BCUT2D eigenvalue weighted by atomic mass is 10.1. The van der Waals surface area contributed by atoms with Crippen LogP contribution in [-0.2, 0) is 10.0 Å². The van der Waals surface area contributed by atoms with Crippen molar-refractivity contribution in [2.75, 3.05) is 29.8 Å². The summed E-state index contributed by atoms with van der Waals surface area (Å²) in [5.41, 5.74) is 0.811. The molecule has 3 heterocycles. The normalized spacial score (nSPS) is 14.3. The molecule has 1 saturated heterocycles. The van der Waals surface area contributed by atoms with Crippen molar-refractivity contribution in [2.24, 2.45) is 0 Å². The number of aromatic nitrogens is 2. The molecule has 2 N–H and O–H groups in total. The lowest BCUT2D eigenvalue weighted by Gasteiger charge is -2.36. The number of ether oxygens (including phenoxy) is 1. The Kier molecular flexibility index (Phi) is 5.94. The molecule has 1 aliphatic rings. The first-order valence-electron chi connectivity index (χ1n) is 9.20. The molecule has 1 aromatic carbocycles. The molecule has 3 aromatic rings. The number of aliphatic hydroxyl groups excluding tert-OH is 1. The number of hydrogen-bond donors (Lipinski definition) is 2. The van der Waals surface area contributed by atoms with Gasteiger partial charge in [-0.3, -0.25) is 4.72 Å². The third-order valence-corrected chi connectivity index (χ3v) is 6.57. The molecule has 31 heavy (non-hydrogen) atoms. The topological polar surface area (TPSA) is 105 Å². The van der Waals surface area contributed by atoms with Gasteiger partial charge in [-0.25, -0.2) is 9.97 Å². The quantitative estimate of drug-likeness (QED) is 0.556. The Hall–Kier alpha value is -2.59. The third kappa shape index (κ3) is 4.54. The van der Waals surface area contributed by atoms with Gasteiger partial charge < -0.3 is 14.7 Å². The number of aliphatic hydroxyl groups is 1. The molecular formula is C20H18Cl2N4O4S. The second-order valence-electron chi connectivity index (χ2n) is 6.87. The van der Waals surface area contributed by atoms with Gasteiger partial charge in [0.15, 0.2) is 5.03 Å². The van der Waals surface area contributed by atoms with Crippen molar-refractivity contribution in [3.8, 4) is 17.0 Å². The predicted octanol–water partition coefficient (Wildman–Crippen LogP) is 3.44. The van der Waals surface area contributed by atoms with E-state index in [9.17, 15) is 13.5 Å². The van der Waals surface area contributed by atoms with Crippen molar-refractivity contribution in [2.45, 2.75) is 11.1 Å². The maximum Gasteiger partial charge on any atom is 0.280 e. The van der Waals surface area contributed by atoms with Gasteiger partial charge >= 0.3 is 0 Å². The Morgan fingerprint density at radius 2 is 1.84 bits per heavy atom. The van der Waals surface area contributed by atoms with Gasteiger partial charge in [-0.1, -0.05) is 29.3 Å². The molecule has 162 valence electrons. The first kappa shape index (κ1) is 21.6. The number of rotatable bonds is 6. The van der Waals surface area contributed by atoms with Gasteiger partial charge in [0.1, 0.15) is 17.4 Å². The lowest BCUT2D eigenvalue weighted by Crippen LogP contribution is -2.51. The Morgan fingerprint density at radius 3 is 2.55 bits per heavy atom. The summed E-state index contributed by atoms with van der Waals surface area (Å²) in [4.78, 5) is 10.3. The van der Waals surface area contributed by atoms with Crippen LogP contribution in [0.3, 0.4) is 0 Å². The van der Waals surface area contributed by atoms with Gasteiger partial charge in [-0.15, -0.1) is 0 Å². The van der Waals surface area contributed by atoms with Gasteiger partial charge in [0.05, 0.1) is 29.0 Å². The zero-order chi connectivity index (χ0) is 22.2. The Labute approximate surface area is 189 Å².